The molecule has 0 spiro atoms. The van der Waals surface area contributed by atoms with E-state index in [0.29, 0.717) is 6.54 Å². The molecule has 2 heterocycles. The summed E-state index contributed by atoms with van der Waals surface area (Å²) in [6.45, 7) is 0.679. The van der Waals surface area contributed by atoms with E-state index in [9.17, 15) is 0 Å². The van der Waals surface area contributed by atoms with Crippen molar-refractivity contribution in [1.29, 1.82) is 0 Å². The first-order valence-corrected chi connectivity index (χ1v) is 9.69. The third kappa shape index (κ3) is 3.87. The lowest BCUT2D eigenvalue weighted by atomic mass is 10.2. The van der Waals surface area contributed by atoms with Gasteiger partial charge in [-0.05, 0) is 54.1 Å². The van der Waals surface area contributed by atoms with Crippen molar-refractivity contribution >= 4 is 17.0 Å². The number of methoxy groups -OCH3 is 2. The van der Waals surface area contributed by atoms with Crippen LogP contribution in [0.2, 0.25) is 0 Å². The van der Waals surface area contributed by atoms with Crippen molar-refractivity contribution in [1.82, 2.24) is 4.57 Å². The summed E-state index contributed by atoms with van der Waals surface area (Å²) in [5.74, 6) is 2.47. The second-order valence-electron chi connectivity index (χ2n) is 6.12. The zero-order valence-corrected chi connectivity index (χ0v) is 16.5. The molecule has 0 saturated carbocycles. The summed E-state index contributed by atoms with van der Waals surface area (Å²) in [6.07, 6.45) is 1.69. The largest absolute Gasteiger partial charge is 0.497 e. The fourth-order valence-electron chi connectivity index (χ4n) is 2.87. The molecule has 0 N–H and O–H groups in total. The first kappa shape index (κ1) is 18.1. The van der Waals surface area contributed by atoms with Gasteiger partial charge in [0.15, 0.2) is 10.6 Å². The minimum Gasteiger partial charge on any atom is -0.497 e. The molecule has 4 aromatic rings. The predicted molar refractivity (Wildman–Crippen MR) is 110 cm³/mol. The molecule has 0 fully saturated rings. The van der Waals surface area contributed by atoms with Crippen LogP contribution in [0.1, 0.15) is 5.56 Å². The van der Waals surface area contributed by atoms with Gasteiger partial charge in [0.1, 0.15) is 11.5 Å². The van der Waals surface area contributed by atoms with Crippen LogP contribution in [0.15, 0.2) is 81.7 Å². The molecule has 2 aromatic carbocycles. The predicted octanol–water partition coefficient (Wildman–Crippen LogP) is 5.11. The molecule has 0 atom stereocenters. The molecule has 6 heteroatoms. The number of thiazole rings is 1. The van der Waals surface area contributed by atoms with Crippen LogP contribution in [0, 0.1) is 0 Å². The van der Waals surface area contributed by atoms with Gasteiger partial charge in [0.25, 0.3) is 0 Å². The molecule has 0 amide bonds. The van der Waals surface area contributed by atoms with Gasteiger partial charge in [0.05, 0.1) is 38.4 Å². The highest BCUT2D eigenvalue weighted by atomic mass is 32.1. The number of hydrogen-bond acceptors (Lipinski definition) is 5. The number of hydrogen-bond donors (Lipinski definition) is 0. The molecule has 2 aromatic heterocycles. The molecule has 0 unspecified atom stereocenters. The maximum absolute atomic E-state index is 5.64. The SMILES string of the molecule is COc1ccc(Cn2c(-c3ccco3)csc2=Nc2ccc(OC)cc2)cc1. The molecule has 0 bridgehead atoms. The fourth-order valence-corrected chi connectivity index (χ4v) is 3.78. The van der Waals surface area contributed by atoms with Crippen molar-refractivity contribution in [3.05, 3.63) is 82.7 Å². The Morgan fingerprint density at radius 2 is 1.61 bits per heavy atom. The normalized spacial score (nSPS) is 11.6. The average Bonchev–Trinajstić information content (AvgIpc) is 3.40. The van der Waals surface area contributed by atoms with Crippen LogP contribution >= 0.6 is 11.3 Å². The van der Waals surface area contributed by atoms with Crippen LogP contribution in [-0.2, 0) is 6.54 Å². The lowest BCUT2D eigenvalue weighted by molar-refractivity contribution is 0.414. The van der Waals surface area contributed by atoms with Gasteiger partial charge in [0, 0.05) is 5.38 Å². The Labute approximate surface area is 167 Å². The monoisotopic (exact) mass is 392 g/mol. The highest BCUT2D eigenvalue weighted by molar-refractivity contribution is 7.07. The average molecular weight is 392 g/mol. The van der Waals surface area contributed by atoms with Crippen LogP contribution in [0.4, 0.5) is 5.69 Å². The molecular formula is C22H20N2O3S. The molecule has 0 aliphatic heterocycles. The van der Waals surface area contributed by atoms with Gasteiger partial charge in [-0.2, -0.15) is 0 Å². The Morgan fingerprint density at radius 3 is 2.21 bits per heavy atom. The van der Waals surface area contributed by atoms with E-state index < -0.39 is 0 Å². The zero-order chi connectivity index (χ0) is 19.3. The van der Waals surface area contributed by atoms with Crippen LogP contribution in [-0.4, -0.2) is 18.8 Å². The topological polar surface area (TPSA) is 48.9 Å². The van der Waals surface area contributed by atoms with Gasteiger partial charge in [0.2, 0.25) is 0 Å². The van der Waals surface area contributed by atoms with Crippen molar-refractivity contribution in [3.63, 3.8) is 0 Å². The summed E-state index contributed by atoms with van der Waals surface area (Å²) < 4.78 is 18.3. The van der Waals surface area contributed by atoms with Crippen LogP contribution < -0.4 is 14.3 Å². The van der Waals surface area contributed by atoms with Crippen LogP contribution in [0.5, 0.6) is 11.5 Å². The third-order valence-corrected chi connectivity index (χ3v) is 5.23. The van der Waals surface area contributed by atoms with Crippen molar-refractivity contribution in [2.24, 2.45) is 4.99 Å². The molecule has 142 valence electrons. The molecule has 0 aliphatic rings. The van der Waals surface area contributed by atoms with Gasteiger partial charge in [-0.1, -0.05) is 12.1 Å². The summed E-state index contributed by atoms with van der Waals surface area (Å²) in [7, 11) is 3.33. The fraction of sp³-hybridized carbons (Fsp3) is 0.136. The maximum atomic E-state index is 5.64. The quantitative estimate of drug-likeness (QED) is 0.458. The minimum atomic E-state index is 0.679. The van der Waals surface area contributed by atoms with E-state index in [1.807, 2.05) is 48.5 Å². The van der Waals surface area contributed by atoms with E-state index in [0.717, 1.165) is 39.0 Å². The summed E-state index contributed by atoms with van der Waals surface area (Å²) in [4.78, 5) is 5.73. The summed E-state index contributed by atoms with van der Waals surface area (Å²) in [5.41, 5.74) is 3.03. The number of aromatic nitrogens is 1. The highest BCUT2D eigenvalue weighted by Gasteiger charge is 2.11. The molecule has 0 radical (unpaired) electrons. The standard InChI is InChI=1S/C22H20N2O3S/c1-25-18-9-5-16(6-10-18)14-24-20(21-4-3-13-27-21)15-28-22(24)23-17-7-11-19(26-2)12-8-17/h3-13,15H,14H2,1-2H3. The Kier molecular flexibility index (Phi) is 5.30. The smallest absolute Gasteiger partial charge is 0.190 e. The Balaban J connectivity index is 1.76. The third-order valence-electron chi connectivity index (χ3n) is 4.37. The second-order valence-corrected chi connectivity index (χ2v) is 6.96. The summed E-state index contributed by atoms with van der Waals surface area (Å²) in [6, 6.07) is 19.6. The first-order chi connectivity index (χ1) is 13.8. The molecule has 5 nitrogen and oxygen atoms in total. The van der Waals surface area contributed by atoms with Crippen molar-refractivity contribution in [2.75, 3.05) is 14.2 Å². The molecule has 28 heavy (non-hydrogen) atoms. The van der Waals surface area contributed by atoms with Crippen molar-refractivity contribution in [2.45, 2.75) is 6.54 Å². The zero-order valence-electron chi connectivity index (χ0n) is 15.7. The van der Waals surface area contributed by atoms with Crippen molar-refractivity contribution in [3.8, 4) is 23.0 Å². The lowest BCUT2D eigenvalue weighted by Gasteiger charge is -2.09. The number of nitrogens with zero attached hydrogens (tertiary/aromatic N) is 2. The minimum absolute atomic E-state index is 0.679. The highest BCUT2D eigenvalue weighted by Crippen LogP contribution is 2.23. The Morgan fingerprint density at radius 1 is 0.929 bits per heavy atom. The molecule has 0 saturated heterocycles. The molecule has 4 rings (SSSR count). The van der Waals surface area contributed by atoms with Gasteiger partial charge in [-0.15, -0.1) is 11.3 Å². The van der Waals surface area contributed by atoms with Crippen molar-refractivity contribution < 1.29 is 13.9 Å². The number of ether oxygens (including phenoxy) is 2. The summed E-state index contributed by atoms with van der Waals surface area (Å²) in [5, 5.41) is 2.07. The Bertz CT molecular complexity index is 1090. The van der Waals surface area contributed by atoms with Crippen LogP contribution in [0.25, 0.3) is 11.5 Å². The van der Waals surface area contributed by atoms with Gasteiger partial charge < -0.3 is 18.5 Å². The van der Waals surface area contributed by atoms with Gasteiger partial charge >= 0.3 is 0 Å². The molecular weight excluding hydrogens is 372 g/mol. The lowest BCUT2D eigenvalue weighted by Crippen LogP contribution is -2.16. The van der Waals surface area contributed by atoms with E-state index >= 15 is 0 Å². The summed E-state index contributed by atoms with van der Waals surface area (Å²) >= 11 is 1.59. The van der Waals surface area contributed by atoms with E-state index in [-0.39, 0.29) is 0 Å². The van der Waals surface area contributed by atoms with E-state index in [4.69, 9.17) is 18.9 Å². The van der Waals surface area contributed by atoms with E-state index in [2.05, 4.69) is 22.1 Å². The second kappa shape index (κ2) is 8.19. The van der Waals surface area contributed by atoms with Gasteiger partial charge in [-0.25, -0.2) is 4.99 Å². The maximum Gasteiger partial charge on any atom is 0.190 e. The van der Waals surface area contributed by atoms with E-state index in [1.165, 1.54) is 0 Å². The van der Waals surface area contributed by atoms with E-state index in [1.54, 1.807) is 31.8 Å². The Hall–Kier alpha value is -3.25. The number of furan rings is 1. The van der Waals surface area contributed by atoms with Gasteiger partial charge in [-0.3, -0.25) is 0 Å². The number of rotatable bonds is 6. The number of benzene rings is 2. The van der Waals surface area contributed by atoms with Crippen LogP contribution in [0.3, 0.4) is 0 Å². The first-order valence-electron chi connectivity index (χ1n) is 8.81. The molecule has 0 aliphatic carbocycles.